The van der Waals surface area contributed by atoms with Crippen LogP contribution in [0.5, 0.6) is 0 Å². The molecule has 0 saturated carbocycles. The van der Waals surface area contributed by atoms with E-state index in [1.807, 2.05) is 25.1 Å². The van der Waals surface area contributed by atoms with Gasteiger partial charge in [0.2, 0.25) is 0 Å². The number of carbonyl (C=O) groups excluding carboxylic acids is 3. The quantitative estimate of drug-likeness (QED) is 0.614. The molecule has 2 aliphatic rings. The standard InChI is InChI=1S/C26H33N5O4/c1-3-35-26(34)19-8-12-31(13-9-19)25(33)22-16-20(17-28-23(22)30-14-10-27-11-15-30)29-24(32)21-7-5-4-6-18(21)2/h4-7,16-17,19,27H,3,8-15H2,1-2H3,(H,29,32). The van der Waals surface area contributed by atoms with E-state index < -0.39 is 0 Å². The summed E-state index contributed by atoms with van der Waals surface area (Å²) in [6.45, 7) is 8.10. The van der Waals surface area contributed by atoms with Crippen LogP contribution < -0.4 is 15.5 Å². The highest BCUT2D eigenvalue weighted by atomic mass is 16.5. The lowest BCUT2D eigenvalue weighted by Crippen LogP contribution is -2.45. The summed E-state index contributed by atoms with van der Waals surface area (Å²) in [5, 5.41) is 6.22. The van der Waals surface area contributed by atoms with Gasteiger partial charge in [0.05, 0.1) is 30.0 Å². The summed E-state index contributed by atoms with van der Waals surface area (Å²) < 4.78 is 5.15. The van der Waals surface area contributed by atoms with Gasteiger partial charge in [0.15, 0.2) is 0 Å². The van der Waals surface area contributed by atoms with Crippen molar-refractivity contribution < 1.29 is 19.1 Å². The smallest absolute Gasteiger partial charge is 0.309 e. The van der Waals surface area contributed by atoms with Crippen LogP contribution in [0.25, 0.3) is 0 Å². The number of anilines is 2. The van der Waals surface area contributed by atoms with Crippen LogP contribution in [0, 0.1) is 12.8 Å². The average molecular weight is 480 g/mol. The van der Waals surface area contributed by atoms with Gasteiger partial charge in [0.1, 0.15) is 5.82 Å². The first-order chi connectivity index (χ1) is 17.0. The first kappa shape index (κ1) is 24.7. The summed E-state index contributed by atoms with van der Waals surface area (Å²) in [6, 6.07) is 9.09. The number of hydrogen-bond acceptors (Lipinski definition) is 7. The number of piperidine rings is 1. The molecule has 2 amide bonds. The lowest BCUT2D eigenvalue weighted by Gasteiger charge is -2.33. The van der Waals surface area contributed by atoms with Crippen molar-refractivity contribution in [2.24, 2.45) is 5.92 Å². The number of amides is 2. The van der Waals surface area contributed by atoms with E-state index in [1.54, 1.807) is 30.2 Å². The molecule has 0 unspecified atom stereocenters. The number of aryl methyl sites for hydroxylation is 1. The molecule has 3 heterocycles. The molecule has 9 heteroatoms. The minimum Gasteiger partial charge on any atom is -0.466 e. The van der Waals surface area contributed by atoms with E-state index in [0.717, 1.165) is 31.7 Å². The molecule has 2 N–H and O–H groups in total. The van der Waals surface area contributed by atoms with E-state index in [4.69, 9.17) is 4.74 Å². The number of likely N-dealkylation sites (tertiary alicyclic amines) is 1. The van der Waals surface area contributed by atoms with Gasteiger partial charge in [-0.3, -0.25) is 14.4 Å². The molecule has 0 aliphatic carbocycles. The Hall–Kier alpha value is -3.46. The van der Waals surface area contributed by atoms with Crippen molar-refractivity contribution in [3.63, 3.8) is 0 Å². The monoisotopic (exact) mass is 479 g/mol. The van der Waals surface area contributed by atoms with E-state index in [2.05, 4.69) is 20.5 Å². The molecule has 1 aromatic heterocycles. The maximum absolute atomic E-state index is 13.6. The number of nitrogens with zero attached hydrogens (tertiary/aromatic N) is 3. The third kappa shape index (κ3) is 5.79. The van der Waals surface area contributed by atoms with Gasteiger partial charge in [-0.2, -0.15) is 0 Å². The topological polar surface area (TPSA) is 104 Å². The zero-order chi connectivity index (χ0) is 24.8. The van der Waals surface area contributed by atoms with Crippen LogP contribution in [-0.2, 0) is 9.53 Å². The lowest BCUT2D eigenvalue weighted by atomic mass is 9.96. The molecule has 1 aromatic carbocycles. The Morgan fingerprint density at radius 3 is 2.49 bits per heavy atom. The summed E-state index contributed by atoms with van der Waals surface area (Å²) in [5.74, 6) is -0.125. The van der Waals surface area contributed by atoms with E-state index in [9.17, 15) is 14.4 Å². The highest BCUT2D eigenvalue weighted by Crippen LogP contribution is 2.27. The molecule has 0 atom stereocenters. The van der Waals surface area contributed by atoms with E-state index >= 15 is 0 Å². The largest absolute Gasteiger partial charge is 0.466 e. The van der Waals surface area contributed by atoms with Gasteiger partial charge in [-0.25, -0.2) is 4.98 Å². The van der Waals surface area contributed by atoms with Crippen LogP contribution in [0.3, 0.4) is 0 Å². The van der Waals surface area contributed by atoms with Crippen molar-refractivity contribution in [2.45, 2.75) is 26.7 Å². The summed E-state index contributed by atoms with van der Waals surface area (Å²) in [7, 11) is 0. The van der Waals surface area contributed by atoms with Gasteiger partial charge in [0, 0.05) is 44.8 Å². The highest BCUT2D eigenvalue weighted by molar-refractivity contribution is 6.06. The van der Waals surface area contributed by atoms with Crippen LogP contribution >= 0.6 is 0 Å². The fourth-order valence-corrected chi connectivity index (χ4v) is 4.59. The SMILES string of the molecule is CCOC(=O)C1CCN(C(=O)c2cc(NC(=O)c3ccccc3C)cnc2N2CCNCC2)CC1. The Bertz CT molecular complexity index is 1080. The molecule has 2 saturated heterocycles. The number of benzene rings is 1. The van der Waals surface area contributed by atoms with E-state index in [1.165, 1.54) is 0 Å². The molecule has 0 spiro atoms. The zero-order valence-electron chi connectivity index (χ0n) is 20.4. The van der Waals surface area contributed by atoms with Gasteiger partial charge < -0.3 is 25.2 Å². The number of hydrogen-bond donors (Lipinski definition) is 2. The predicted molar refractivity (Wildman–Crippen MR) is 134 cm³/mol. The molecule has 4 rings (SSSR count). The van der Waals surface area contributed by atoms with Gasteiger partial charge in [0.25, 0.3) is 11.8 Å². The first-order valence-electron chi connectivity index (χ1n) is 12.3. The van der Waals surface area contributed by atoms with E-state index in [-0.39, 0.29) is 23.7 Å². The maximum atomic E-state index is 13.6. The first-order valence-corrected chi connectivity index (χ1v) is 12.3. The minimum absolute atomic E-state index is 0.139. The van der Waals surface area contributed by atoms with Gasteiger partial charge in [-0.05, 0) is 44.4 Å². The minimum atomic E-state index is -0.242. The number of rotatable bonds is 6. The number of esters is 1. The molecular formula is C26H33N5O4. The van der Waals surface area contributed by atoms with E-state index in [0.29, 0.717) is 55.2 Å². The number of aromatic nitrogens is 1. The Labute approximate surface area is 205 Å². The zero-order valence-corrected chi connectivity index (χ0v) is 20.4. The number of nitrogens with one attached hydrogen (secondary N) is 2. The Morgan fingerprint density at radius 1 is 1.09 bits per heavy atom. The number of ether oxygens (including phenoxy) is 1. The second-order valence-electron chi connectivity index (χ2n) is 8.92. The van der Waals surface area contributed by atoms with Gasteiger partial charge in [-0.1, -0.05) is 18.2 Å². The Balaban J connectivity index is 1.56. The van der Waals surface area contributed by atoms with Crippen molar-refractivity contribution in [1.82, 2.24) is 15.2 Å². The summed E-state index contributed by atoms with van der Waals surface area (Å²) in [5.41, 5.74) is 2.38. The van der Waals surface area contributed by atoms with Crippen LogP contribution in [0.4, 0.5) is 11.5 Å². The predicted octanol–water partition coefficient (Wildman–Crippen LogP) is 2.47. The molecule has 0 radical (unpaired) electrons. The summed E-state index contributed by atoms with van der Waals surface area (Å²) in [4.78, 5) is 47.1. The Morgan fingerprint density at radius 2 is 1.80 bits per heavy atom. The molecule has 186 valence electrons. The molecule has 0 bridgehead atoms. The third-order valence-corrected chi connectivity index (χ3v) is 6.56. The maximum Gasteiger partial charge on any atom is 0.309 e. The second-order valence-corrected chi connectivity index (χ2v) is 8.92. The Kier molecular flexibility index (Phi) is 7.97. The van der Waals surface area contributed by atoms with Crippen LogP contribution in [0.1, 0.15) is 46.0 Å². The fourth-order valence-electron chi connectivity index (χ4n) is 4.59. The molecule has 2 aliphatic heterocycles. The number of piperazine rings is 1. The molecule has 2 aromatic rings. The average Bonchev–Trinajstić information content (AvgIpc) is 2.89. The molecular weight excluding hydrogens is 446 g/mol. The van der Waals surface area contributed by atoms with Crippen molar-refractivity contribution in [2.75, 3.05) is 56.1 Å². The second kappa shape index (κ2) is 11.3. The van der Waals surface area contributed by atoms with Crippen LogP contribution in [0.2, 0.25) is 0 Å². The van der Waals surface area contributed by atoms with Crippen LogP contribution in [0.15, 0.2) is 36.5 Å². The normalized spacial score (nSPS) is 16.6. The fraction of sp³-hybridized carbons (Fsp3) is 0.462. The number of pyridine rings is 1. The lowest BCUT2D eigenvalue weighted by molar-refractivity contribution is -0.149. The summed E-state index contributed by atoms with van der Waals surface area (Å²) in [6.07, 6.45) is 2.76. The van der Waals surface area contributed by atoms with Crippen molar-refractivity contribution in [3.8, 4) is 0 Å². The number of carbonyl (C=O) groups is 3. The highest BCUT2D eigenvalue weighted by Gasteiger charge is 2.31. The molecule has 2 fully saturated rings. The van der Waals surface area contributed by atoms with Crippen molar-refractivity contribution >= 4 is 29.3 Å². The van der Waals surface area contributed by atoms with Crippen LogP contribution in [-0.4, -0.2) is 73.5 Å². The van der Waals surface area contributed by atoms with Gasteiger partial charge in [-0.15, -0.1) is 0 Å². The van der Waals surface area contributed by atoms with Gasteiger partial charge >= 0.3 is 5.97 Å². The molecule has 35 heavy (non-hydrogen) atoms. The third-order valence-electron chi connectivity index (χ3n) is 6.56. The van der Waals surface area contributed by atoms with Crippen molar-refractivity contribution in [1.29, 1.82) is 0 Å². The van der Waals surface area contributed by atoms with Crippen molar-refractivity contribution in [3.05, 3.63) is 53.2 Å². The summed E-state index contributed by atoms with van der Waals surface area (Å²) >= 11 is 0. The molecule has 9 nitrogen and oxygen atoms in total.